The molecule has 1 heterocycles. The Hall–Kier alpha value is -0.120. The van der Waals surface area contributed by atoms with Crippen LogP contribution in [0.1, 0.15) is 20.3 Å². The van der Waals surface area contributed by atoms with Crippen molar-refractivity contribution in [3.63, 3.8) is 0 Å². The fourth-order valence-corrected chi connectivity index (χ4v) is 1.92. The first-order valence-corrected chi connectivity index (χ1v) is 5.11. The van der Waals surface area contributed by atoms with E-state index in [1.807, 2.05) is 7.05 Å². The van der Waals surface area contributed by atoms with Crippen molar-refractivity contribution in [2.24, 2.45) is 5.41 Å². The van der Waals surface area contributed by atoms with Crippen molar-refractivity contribution in [2.45, 2.75) is 26.4 Å². The molecule has 3 nitrogen and oxygen atoms in total. The van der Waals surface area contributed by atoms with Gasteiger partial charge in [-0.25, -0.2) is 0 Å². The minimum Gasteiger partial charge on any atom is -0.376 e. The van der Waals surface area contributed by atoms with Crippen LogP contribution in [0.3, 0.4) is 0 Å². The van der Waals surface area contributed by atoms with Gasteiger partial charge in [-0.15, -0.1) is 0 Å². The van der Waals surface area contributed by atoms with Crippen molar-refractivity contribution in [3.05, 3.63) is 0 Å². The molecular formula is C10H22N2O. The van der Waals surface area contributed by atoms with Gasteiger partial charge in [0.05, 0.1) is 12.7 Å². The Kier molecular flexibility index (Phi) is 4.16. The largest absolute Gasteiger partial charge is 0.376 e. The van der Waals surface area contributed by atoms with Gasteiger partial charge in [0.2, 0.25) is 0 Å². The molecule has 0 aromatic heterocycles. The van der Waals surface area contributed by atoms with E-state index in [2.05, 4.69) is 24.5 Å². The van der Waals surface area contributed by atoms with Gasteiger partial charge in [0.1, 0.15) is 0 Å². The van der Waals surface area contributed by atoms with Gasteiger partial charge in [0.15, 0.2) is 0 Å². The Labute approximate surface area is 81.2 Å². The van der Waals surface area contributed by atoms with Gasteiger partial charge in [0.25, 0.3) is 0 Å². The summed E-state index contributed by atoms with van der Waals surface area (Å²) in [7, 11) is 2.00. The first kappa shape index (κ1) is 11.0. The lowest BCUT2D eigenvalue weighted by Crippen LogP contribution is -2.42. The summed E-state index contributed by atoms with van der Waals surface area (Å²) in [6, 6.07) is 0. The maximum absolute atomic E-state index is 5.67. The minimum atomic E-state index is 0.332. The van der Waals surface area contributed by atoms with Crippen LogP contribution in [0.15, 0.2) is 0 Å². The molecule has 0 aliphatic carbocycles. The van der Waals surface area contributed by atoms with Crippen molar-refractivity contribution < 1.29 is 4.74 Å². The van der Waals surface area contributed by atoms with Crippen LogP contribution >= 0.6 is 0 Å². The first-order valence-electron chi connectivity index (χ1n) is 5.11. The maximum Gasteiger partial charge on any atom is 0.0705 e. The van der Waals surface area contributed by atoms with Crippen LogP contribution in [0.2, 0.25) is 0 Å². The summed E-state index contributed by atoms with van der Waals surface area (Å²) < 4.78 is 5.67. The summed E-state index contributed by atoms with van der Waals surface area (Å²) in [5, 5.41) is 6.58. The Morgan fingerprint density at radius 3 is 2.85 bits per heavy atom. The molecule has 0 spiro atoms. The molecule has 1 unspecified atom stereocenters. The third kappa shape index (κ3) is 4.07. The van der Waals surface area contributed by atoms with E-state index in [0.717, 1.165) is 32.7 Å². The van der Waals surface area contributed by atoms with Gasteiger partial charge in [-0.05, 0) is 18.9 Å². The molecule has 0 aromatic carbocycles. The molecule has 78 valence electrons. The van der Waals surface area contributed by atoms with Gasteiger partial charge < -0.3 is 15.4 Å². The molecule has 1 rings (SSSR count). The second-order valence-corrected chi connectivity index (χ2v) is 4.60. The van der Waals surface area contributed by atoms with Gasteiger partial charge >= 0.3 is 0 Å². The molecule has 0 radical (unpaired) electrons. The van der Waals surface area contributed by atoms with Gasteiger partial charge in [-0.2, -0.15) is 0 Å². The summed E-state index contributed by atoms with van der Waals surface area (Å²) in [6.45, 7) is 8.48. The SMILES string of the molecule is CNCC(C)(C)CC1CNCCO1. The van der Waals surface area contributed by atoms with Crippen molar-refractivity contribution in [1.29, 1.82) is 0 Å². The standard InChI is InChI=1S/C10H22N2O/c1-10(2,8-11-3)6-9-7-12-4-5-13-9/h9,11-12H,4-8H2,1-3H3. The second kappa shape index (κ2) is 4.94. The Morgan fingerprint density at radius 1 is 1.54 bits per heavy atom. The molecule has 1 fully saturated rings. The number of hydrogen-bond acceptors (Lipinski definition) is 3. The number of nitrogens with one attached hydrogen (secondary N) is 2. The Balaban J connectivity index is 2.28. The number of morpholine rings is 1. The van der Waals surface area contributed by atoms with Gasteiger partial charge in [-0.3, -0.25) is 0 Å². The molecule has 0 saturated carbocycles. The molecule has 1 aliphatic heterocycles. The number of ether oxygens (including phenoxy) is 1. The van der Waals surface area contributed by atoms with Crippen LogP contribution in [0.4, 0.5) is 0 Å². The highest BCUT2D eigenvalue weighted by Gasteiger charge is 2.24. The zero-order valence-electron chi connectivity index (χ0n) is 9.02. The van der Waals surface area contributed by atoms with Crippen molar-refractivity contribution in [3.8, 4) is 0 Å². The fourth-order valence-electron chi connectivity index (χ4n) is 1.92. The fraction of sp³-hybridized carbons (Fsp3) is 1.00. The number of rotatable bonds is 4. The maximum atomic E-state index is 5.67. The van der Waals surface area contributed by atoms with Crippen LogP contribution in [0.5, 0.6) is 0 Å². The molecule has 0 amide bonds. The lowest BCUT2D eigenvalue weighted by Gasteiger charge is -2.32. The van der Waals surface area contributed by atoms with Crippen LogP contribution in [-0.2, 0) is 4.74 Å². The van der Waals surface area contributed by atoms with E-state index >= 15 is 0 Å². The Bertz CT molecular complexity index is 142. The highest BCUT2D eigenvalue weighted by Crippen LogP contribution is 2.23. The van der Waals surface area contributed by atoms with Crippen LogP contribution in [0, 0.1) is 5.41 Å². The molecule has 2 N–H and O–H groups in total. The zero-order valence-corrected chi connectivity index (χ0v) is 9.02. The summed E-state index contributed by atoms with van der Waals surface area (Å²) in [4.78, 5) is 0. The van der Waals surface area contributed by atoms with E-state index in [1.165, 1.54) is 0 Å². The van der Waals surface area contributed by atoms with Crippen LogP contribution in [-0.4, -0.2) is 39.4 Å². The average Bonchev–Trinajstić information content (AvgIpc) is 2.04. The normalized spacial score (nSPS) is 24.7. The van der Waals surface area contributed by atoms with Gasteiger partial charge in [0, 0.05) is 19.6 Å². The predicted octanol–water partition coefficient (Wildman–Crippen LogP) is 0.611. The predicted molar refractivity (Wildman–Crippen MR) is 54.9 cm³/mol. The van der Waals surface area contributed by atoms with Crippen molar-refractivity contribution in [1.82, 2.24) is 10.6 Å². The van der Waals surface area contributed by atoms with E-state index in [0.29, 0.717) is 11.5 Å². The van der Waals surface area contributed by atoms with Crippen LogP contribution < -0.4 is 10.6 Å². The van der Waals surface area contributed by atoms with Crippen molar-refractivity contribution in [2.75, 3.05) is 33.3 Å². The van der Waals surface area contributed by atoms with Crippen LogP contribution in [0.25, 0.3) is 0 Å². The first-order chi connectivity index (χ1) is 6.14. The smallest absolute Gasteiger partial charge is 0.0705 e. The topological polar surface area (TPSA) is 33.3 Å². The lowest BCUT2D eigenvalue weighted by molar-refractivity contribution is 0.00213. The summed E-state index contributed by atoms with van der Waals surface area (Å²) in [6.07, 6.45) is 1.53. The lowest BCUT2D eigenvalue weighted by atomic mass is 9.86. The molecular weight excluding hydrogens is 164 g/mol. The molecule has 3 heteroatoms. The van der Waals surface area contributed by atoms with Crippen molar-refractivity contribution >= 4 is 0 Å². The second-order valence-electron chi connectivity index (χ2n) is 4.60. The monoisotopic (exact) mass is 186 g/mol. The van der Waals surface area contributed by atoms with E-state index in [-0.39, 0.29) is 0 Å². The Morgan fingerprint density at radius 2 is 2.31 bits per heavy atom. The molecule has 1 aliphatic rings. The molecule has 13 heavy (non-hydrogen) atoms. The summed E-state index contributed by atoms with van der Waals surface area (Å²) in [5.74, 6) is 0. The molecule has 0 aromatic rings. The van der Waals surface area contributed by atoms with E-state index in [1.54, 1.807) is 0 Å². The van der Waals surface area contributed by atoms with E-state index < -0.39 is 0 Å². The highest BCUT2D eigenvalue weighted by molar-refractivity contribution is 4.78. The van der Waals surface area contributed by atoms with E-state index in [9.17, 15) is 0 Å². The van der Waals surface area contributed by atoms with Gasteiger partial charge in [-0.1, -0.05) is 13.8 Å². The minimum absolute atomic E-state index is 0.332. The molecule has 0 bridgehead atoms. The quantitative estimate of drug-likeness (QED) is 0.675. The average molecular weight is 186 g/mol. The zero-order chi connectivity index (χ0) is 9.73. The van der Waals surface area contributed by atoms with E-state index in [4.69, 9.17) is 4.74 Å². The summed E-state index contributed by atoms with van der Waals surface area (Å²) >= 11 is 0. The third-order valence-corrected chi connectivity index (χ3v) is 2.44. The highest BCUT2D eigenvalue weighted by atomic mass is 16.5. The number of hydrogen-bond donors (Lipinski definition) is 2. The summed E-state index contributed by atoms with van der Waals surface area (Å²) in [5.41, 5.74) is 0.332. The third-order valence-electron chi connectivity index (χ3n) is 2.44. The molecule has 1 atom stereocenters. The molecule has 1 saturated heterocycles.